The van der Waals surface area contributed by atoms with E-state index >= 15 is 0 Å². The summed E-state index contributed by atoms with van der Waals surface area (Å²) in [6.07, 6.45) is 2.34. The maximum atomic E-state index is 2.59. The summed E-state index contributed by atoms with van der Waals surface area (Å²) in [6.45, 7) is 6.95. The Labute approximate surface area is 121 Å². The Balaban J connectivity index is 2.49. The summed E-state index contributed by atoms with van der Waals surface area (Å²) < 4.78 is 2.59. The van der Waals surface area contributed by atoms with Crippen molar-refractivity contribution in [2.24, 2.45) is 0 Å². The fourth-order valence-electron chi connectivity index (χ4n) is 3.66. The first-order valence-corrected chi connectivity index (χ1v) is 7.76. The molecule has 0 amide bonds. The molecule has 0 aliphatic heterocycles. The van der Waals surface area contributed by atoms with Gasteiger partial charge in [0.15, 0.2) is 7.28 Å². The van der Waals surface area contributed by atoms with Crippen LogP contribution in [0.5, 0.6) is 0 Å². The molecule has 3 aromatic rings. The highest BCUT2D eigenvalue weighted by atomic mass is 15.0. The van der Waals surface area contributed by atoms with Gasteiger partial charge in [0.1, 0.15) is 0 Å². The molecule has 0 unspecified atom stereocenters. The second-order valence-corrected chi connectivity index (χ2v) is 5.65. The number of hydrogen-bond donors (Lipinski definition) is 0. The lowest BCUT2D eigenvalue weighted by atomic mass is 9.57. The van der Waals surface area contributed by atoms with Gasteiger partial charge < -0.3 is 4.57 Å². The average molecular weight is 263 g/mol. The Morgan fingerprint density at radius 2 is 1.30 bits per heavy atom. The number of rotatable bonds is 4. The molecule has 102 valence electrons. The van der Waals surface area contributed by atoms with E-state index in [0.29, 0.717) is 0 Å². The van der Waals surface area contributed by atoms with Gasteiger partial charge >= 0.3 is 0 Å². The molecule has 0 fully saturated rings. The van der Waals surface area contributed by atoms with Crippen LogP contribution in [0.25, 0.3) is 21.8 Å². The van der Waals surface area contributed by atoms with Crippen LogP contribution >= 0.6 is 0 Å². The first kappa shape index (κ1) is 13.3. The molecule has 1 heterocycles. The SMILES string of the molecule is CBC(CC)(CC)n1c2ccccc2c2ccccc21. The third kappa shape index (κ3) is 1.71. The number of para-hydroxylation sites is 2. The van der Waals surface area contributed by atoms with Crippen molar-refractivity contribution in [3.8, 4) is 0 Å². The molecule has 2 heteroatoms. The number of nitrogens with zero attached hydrogens (tertiary/aromatic N) is 1. The molecule has 0 N–H and O–H groups in total. The lowest BCUT2D eigenvalue weighted by Gasteiger charge is -2.34. The number of aromatic nitrogens is 1. The summed E-state index contributed by atoms with van der Waals surface area (Å²) >= 11 is 0. The van der Waals surface area contributed by atoms with Crippen LogP contribution in [0.1, 0.15) is 26.7 Å². The van der Waals surface area contributed by atoms with Gasteiger partial charge in [0.05, 0.1) is 0 Å². The molecule has 0 aliphatic rings. The van der Waals surface area contributed by atoms with Gasteiger partial charge in [-0.3, -0.25) is 0 Å². The van der Waals surface area contributed by atoms with Crippen LogP contribution in [0.15, 0.2) is 48.5 Å². The van der Waals surface area contributed by atoms with Crippen molar-refractivity contribution in [3.05, 3.63) is 48.5 Å². The smallest absolute Gasteiger partial charge is 0.150 e. The van der Waals surface area contributed by atoms with Crippen molar-refractivity contribution in [2.75, 3.05) is 0 Å². The zero-order chi connectivity index (χ0) is 14.2. The highest BCUT2D eigenvalue weighted by molar-refractivity contribution is 6.37. The lowest BCUT2D eigenvalue weighted by molar-refractivity contribution is 0.418. The van der Waals surface area contributed by atoms with Crippen molar-refractivity contribution in [2.45, 2.75) is 39.0 Å². The Bertz CT molecular complexity index is 676. The molecule has 0 atom stereocenters. The van der Waals surface area contributed by atoms with Gasteiger partial charge in [0, 0.05) is 27.2 Å². The summed E-state index contributed by atoms with van der Waals surface area (Å²) in [5.41, 5.74) is 2.97. The van der Waals surface area contributed by atoms with E-state index in [0.717, 1.165) is 0 Å². The van der Waals surface area contributed by atoms with Gasteiger partial charge in [0.25, 0.3) is 0 Å². The summed E-state index contributed by atoms with van der Waals surface area (Å²) in [5.74, 6) is 0. The van der Waals surface area contributed by atoms with E-state index in [1.807, 2.05) is 0 Å². The van der Waals surface area contributed by atoms with Gasteiger partial charge in [0.2, 0.25) is 0 Å². The Hall–Kier alpha value is -1.70. The van der Waals surface area contributed by atoms with Crippen LogP contribution in [0.4, 0.5) is 0 Å². The maximum Gasteiger partial charge on any atom is 0.150 e. The standard InChI is InChI=1S/C18H22BN/c1-4-18(5-2,19-3)20-16-12-8-6-10-14(16)15-11-7-9-13-17(15)20/h6-13,19H,4-5H2,1-3H3. The summed E-state index contributed by atoms with van der Waals surface area (Å²) in [4.78, 5) is 0. The van der Waals surface area contributed by atoms with Crippen LogP contribution in [-0.4, -0.2) is 11.8 Å². The highest BCUT2D eigenvalue weighted by Gasteiger charge is 2.29. The molecular formula is C18H22BN. The van der Waals surface area contributed by atoms with Gasteiger partial charge in [-0.1, -0.05) is 57.1 Å². The normalized spacial score (nSPS) is 12.2. The highest BCUT2D eigenvalue weighted by Crippen LogP contribution is 2.36. The van der Waals surface area contributed by atoms with Gasteiger partial charge in [-0.2, -0.15) is 0 Å². The van der Waals surface area contributed by atoms with Crippen molar-refractivity contribution in [1.29, 1.82) is 0 Å². The Kier molecular flexibility index (Phi) is 3.33. The van der Waals surface area contributed by atoms with Crippen LogP contribution in [0, 0.1) is 0 Å². The van der Waals surface area contributed by atoms with Gasteiger partial charge in [-0.05, 0) is 25.0 Å². The number of fused-ring (bicyclic) bond motifs is 3. The topological polar surface area (TPSA) is 4.93 Å². The maximum absolute atomic E-state index is 2.59. The minimum atomic E-state index is 0.225. The predicted octanol–water partition coefficient (Wildman–Crippen LogP) is 4.75. The monoisotopic (exact) mass is 263 g/mol. The van der Waals surface area contributed by atoms with E-state index in [4.69, 9.17) is 0 Å². The van der Waals surface area contributed by atoms with Crippen LogP contribution in [-0.2, 0) is 5.44 Å². The third-order valence-electron chi connectivity index (χ3n) is 5.03. The third-order valence-corrected chi connectivity index (χ3v) is 5.03. The fraction of sp³-hybridized carbons (Fsp3) is 0.333. The van der Waals surface area contributed by atoms with E-state index < -0.39 is 0 Å². The average Bonchev–Trinajstić information content (AvgIpc) is 2.86. The minimum absolute atomic E-state index is 0.225. The van der Waals surface area contributed by atoms with E-state index in [9.17, 15) is 0 Å². The molecule has 0 radical (unpaired) electrons. The second-order valence-electron chi connectivity index (χ2n) is 5.65. The molecule has 20 heavy (non-hydrogen) atoms. The van der Waals surface area contributed by atoms with E-state index in [1.54, 1.807) is 0 Å². The molecule has 0 aliphatic carbocycles. The zero-order valence-electron chi connectivity index (χ0n) is 12.7. The largest absolute Gasteiger partial charge is 0.343 e. The van der Waals surface area contributed by atoms with Crippen LogP contribution < -0.4 is 0 Å². The molecule has 2 aromatic carbocycles. The Morgan fingerprint density at radius 1 is 0.850 bits per heavy atom. The van der Waals surface area contributed by atoms with Crippen LogP contribution in [0.2, 0.25) is 6.82 Å². The van der Waals surface area contributed by atoms with Gasteiger partial charge in [-0.15, -0.1) is 0 Å². The van der Waals surface area contributed by atoms with Crippen molar-refractivity contribution in [1.82, 2.24) is 4.57 Å². The number of hydrogen-bond acceptors (Lipinski definition) is 0. The summed E-state index contributed by atoms with van der Waals surface area (Å²) in [7, 11) is 1.17. The van der Waals surface area contributed by atoms with Crippen molar-refractivity contribution in [3.63, 3.8) is 0 Å². The van der Waals surface area contributed by atoms with E-state index in [-0.39, 0.29) is 5.44 Å². The predicted molar refractivity (Wildman–Crippen MR) is 91.0 cm³/mol. The first-order valence-electron chi connectivity index (χ1n) is 7.76. The Morgan fingerprint density at radius 3 is 1.70 bits per heavy atom. The molecule has 3 rings (SSSR count). The zero-order valence-corrected chi connectivity index (χ0v) is 12.7. The molecule has 0 saturated heterocycles. The van der Waals surface area contributed by atoms with Gasteiger partial charge in [-0.25, -0.2) is 0 Å². The molecule has 0 bridgehead atoms. The number of benzene rings is 2. The molecule has 0 saturated carbocycles. The van der Waals surface area contributed by atoms with Crippen LogP contribution in [0.3, 0.4) is 0 Å². The minimum Gasteiger partial charge on any atom is -0.343 e. The van der Waals surface area contributed by atoms with Crippen molar-refractivity contribution < 1.29 is 0 Å². The first-order chi connectivity index (χ1) is 9.77. The van der Waals surface area contributed by atoms with E-state index in [1.165, 1.54) is 41.9 Å². The fourth-order valence-corrected chi connectivity index (χ4v) is 3.66. The molecule has 0 spiro atoms. The molecular weight excluding hydrogens is 241 g/mol. The lowest BCUT2D eigenvalue weighted by Crippen LogP contribution is -2.37. The molecule has 1 nitrogen and oxygen atoms in total. The molecule has 1 aromatic heterocycles. The van der Waals surface area contributed by atoms with Crippen molar-refractivity contribution >= 4 is 29.1 Å². The summed E-state index contributed by atoms with van der Waals surface area (Å²) in [6, 6.07) is 17.6. The van der Waals surface area contributed by atoms with E-state index in [2.05, 4.69) is 73.8 Å². The summed E-state index contributed by atoms with van der Waals surface area (Å²) in [5, 5.41) is 2.76. The second kappa shape index (κ2) is 5.01. The quantitative estimate of drug-likeness (QED) is 0.598.